The Balaban J connectivity index is 3.13. The molecule has 0 N–H and O–H groups in total. The number of rotatable bonds is 2. The third kappa shape index (κ3) is 2.25. The molecular weight excluding hydrogens is 162 g/mol. The van der Waals surface area contributed by atoms with Gasteiger partial charge in [-0.1, -0.05) is 18.2 Å². The number of hydrogen-bond acceptors (Lipinski definition) is 2. The molecule has 0 spiro atoms. The average Bonchev–Trinajstić information content (AvgIpc) is 2.17. The van der Waals surface area contributed by atoms with Gasteiger partial charge in [0.05, 0.1) is 0 Å². The lowest BCUT2D eigenvalue weighted by Gasteiger charge is -2.01. The summed E-state index contributed by atoms with van der Waals surface area (Å²) in [7, 11) is 1.75. The maximum atomic E-state index is 11.1. The molecule has 1 rings (SSSR count). The van der Waals surface area contributed by atoms with Gasteiger partial charge < -0.3 is 0 Å². The van der Waals surface area contributed by atoms with Gasteiger partial charge in [0.15, 0.2) is 5.78 Å². The van der Waals surface area contributed by atoms with Crippen molar-refractivity contribution in [1.29, 1.82) is 0 Å². The van der Waals surface area contributed by atoms with Gasteiger partial charge in [0.25, 0.3) is 0 Å². The molecule has 2 heteroatoms. The minimum Gasteiger partial charge on any atom is -0.295 e. The highest BCUT2D eigenvalue weighted by Crippen LogP contribution is 2.07. The van der Waals surface area contributed by atoms with Gasteiger partial charge in [-0.25, -0.2) is 0 Å². The number of hydrogen-bond donors (Lipinski definition) is 0. The maximum Gasteiger partial charge on any atom is 0.159 e. The van der Waals surface area contributed by atoms with Crippen LogP contribution in [0.3, 0.4) is 0 Å². The second-order valence-electron chi connectivity index (χ2n) is 2.95. The van der Waals surface area contributed by atoms with Crippen molar-refractivity contribution in [2.24, 2.45) is 4.99 Å². The van der Waals surface area contributed by atoms with Crippen molar-refractivity contribution in [2.75, 3.05) is 7.05 Å². The highest BCUT2D eigenvalue weighted by atomic mass is 16.1. The van der Waals surface area contributed by atoms with E-state index in [1.807, 2.05) is 31.2 Å². The lowest BCUT2D eigenvalue weighted by molar-refractivity contribution is 0.101. The normalized spacial score (nSPS) is 11.5. The number of benzene rings is 1. The summed E-state index contributed by atoms with van der Waals surface area (Å²) in [6, 6.07) is 7.51. The van der Waals surface area contributed by atoms with Crippen molar-refractivity contribution < 1.29 is 4.79 Å². The second-order valence-corrected chi connectivity index (χ2v) is 2.95. The van der Waals surface area contributed by atoms with Gasteiger partial charge in [-0.2, -0.15) is 0 Å². The van der Waals surface area contributed by atoms with Crippen LogP contribution in [-0.4, -0.2) is 18.5 Å². The van der Waals surface area contributed by atoms with Crippen LogP contribution in [0, 0.1) is 0 Å². The van der Waals surface area contributed by atoms with Crippen LogP contribution in [0.5, 0.6) is 0 Å². The van der Waals surface area contributed by atoms with Crippen molar-refractivity contribution in [3.63, 3.8) is 0 Å². The monoisotopic (exact) mass is 175 g/mol. The van der Waals surface area contributed by atoms with Gasteiger partial charge in [-0.05, 0) is 25.5 Å². The lowest BCUT2D eigenvalue weighted by Crippen LogP contribution is -1.98. The molecule has 2 nitrogen and oxygen atoms in total. The fraction of sp³-hybridized carbons (Fsp3) is 0.273. The van der Waals surface area contributed by atoms with Gasteiger partial charge in [0.1, 0.15) is 0 Å². The Hall–Kier alpha value is -1.44. The van der Waals surface area contributed by atoms with Crippen molar-refractivity contribution in [2.45, 2.75) is 13.8 Å². The van der Waals surface area contributed by atoms with Crippen LogP contribution in [0.15, 0.2) is 29.3 Å². The lowest BCUT2D eigenvalue weighted by atomic mass is 10.1. The van der Waals surface area contributed by atoms with E-state index >= 15 is 0 Å². The minimum absolute atomic E-state index is 0.0887. The molecule has 0 aliphatic carbocycles. The number of Topliss-reactive ketones (excluding diaryl/α,β-unsaturated/α-hetero) is 1. The molecule has 0 atom stereocenters. The fourth-order valence-corrected chi connectivity index (χ4v) is 1.09. The molecule has 0 saturated heterocycles. The Labute approximate surface area is 78.3 Å². The predicted molar refractivity (Wildman–Crippen MR) is 54.6 cm³/mol. The first-order valence-electron chi connectivity index (χ1n) is 4.20. The van der Waals surface area contributed by atoms with Crippen molar-refractivity contribution >= 4 is 11.5 Å². The fourth-order valence-electron chi connectivity index (χ4n) is 1.09. The highest BCUT2D eigenvalue weighted by molar-refractivity contribution is 6.02. The third-order valence-corrected chi connectivity index (χ3v) is 2.02. The molecule has 0 aliphatic heterocycles. The smallest absolute Gasteiger partial charge is 0.159 e. The van der Waals surface area contributed by atoms with Crippen LogP contribution in [-0.2, 0) is 0 Å². The summed E-state index contributed by atoms with van der Waals surface area (Å²) in [5, 5.41) is 0. The molecule has 0 unspecified atom stereocenters. The summed E-state index contributed by atoms with van der Waals surface area (Å²) in [5.74, 6) is 0.0887. The van der Waals surface area contributed by atoms with Crippen LogP contribution >= 0.6 is 0 Å². The van der Waals surface area contributed by atoms with E-state index in [1.54, 1.807) is 14.0 Å². The first-order chi connectivity index (χ1) is 6.15. The topological polar surface area (TPSA) is 29.4 Å². The molecule has 0 aromatic heterocycles. The van der Waals surface area contributed by atoms with Gasteiger partial charge in [-0.3, -0.25) is 9.79 Å². The molecule has 0 radical (unpaired) electrons. The Morgan fingerprint density at radius 2 is 1.85 bits per heavy atom. The predicted octanol–water partition coefficient (Wildman–Crippen LogP) is 2.33. The molecule has 13 heavy (non-hydrogen) atoms. The van der Waals surface area contributed by atoms with E-state index < -0.39 is 0 Å². The molecule has 68 valence electrons. The van der Waals surface area contributed by atoms with Gasteiger partial charge in [-0.15, -0.1) is 0 Å². The van der Waals surface area contributed by atoms with Crippen molar-refractivity contribution in [1.82, 2.24) is 0 Å². The van der Waals surface area contributed by atoms with Crippen LogP contribution in [0.4, 0.5) is 0 Å². The first-order valence-corrected chi connectivity index (χ1v) is 4.20. The van der Waals surface area contributed by atoms with Crippen LogP contribution in [0.25, 0.3) is 0 Å². The van der Waals surface area contributed by atoms with E-state index in [9.17, 15) is 4.79 Å². The number of ketones is 1. The summed E-state index contributed by atoms with van der Waals surface area (Å²) in [5.41, 5.74) is 2.69. The molecule has 0 fully saturated rings. The SMILES string of the molecule is CN=C(C)c1cccc(C(C)=O)c1. The second kappa shape index (κ2) is 3.99. The van der Waals surface area contributed by atoms with Crippen LogP contribution < -0.4 is 0 Å². The quantitative estimate of drug-likeness (QED) is 0.501. The number of nitrogens with zero attached hydrogens (tertiary/aromatic N) is 1. The molecular formula is C11H13NO. The van der Waals surface area contributed by atoms with Gasteiger partial charge >= 0.3 is 0 Å². The van der Waals surface area contributed by atoms with E-state index in [2.05, 4.69) is 4.99 Å². The molecule has 0 heterocycles. The zero-order valence-corrected chi connectivity index (χ0v) is 8.16. The Bertz CT molecular complexity index is 353. The third-order valence-electron chi connectivity index (χ3n) is 2.02. The van der Waals surface area contributed by atoms with Crippen molar-refractivity contribution in [3.8, 4) is 0 Å². The van der Waals surface area contributed by atoms with E-state index in [-0.39, 0.29) is 5.78 Å². The van der Waals surface area contributed by atoms with E-state index in [0.717, 1.165) is 16.8 Å². The summed E-state index contributed by atoms with van der Waals surface area (Å²) in [6.45, 7) is 3.50. The van der Waals surface area contributed by atoms with Crippen LogP contribution in [0.1, 0.15) is 29.8 Å². The zero-order chi connectivity index (χ0) is 9.84. The number of carbonyl (C=O) groups excluding carboxylic acids is 1. The molecule has 0 saturated carbocycles. The molecule has 1 aromatic carbocycles. The number of aliphatic imine (C=N–C) groups is 1. The summed E-state index contributed by atoms with van der Waals surface area (Å²) in [4.78, 5) is 15.1. The average molecular weight is 175 g/mol. The van der Waals surface area contributed by atoms with Gasteiger partial charge in [0, 0.05) is 18.3 Å². The maximum absolute atomic E-state index is 11.1. The Morgan fingerprint density at radius 1 is 1.23 bits per heavy atom. The zero-order valence-electron chi connectivity index (χ0n) is 8.16. The molecule has 0 aliphatic rings. The van der Waals surface area contributed by atoms with Gasteiger partial charge in [0.2, 0.25) is 0 Å². The van der Waals surface area contributed by atoms with Crippen molar-refractivity contribution in [3.05, 3.63) is 35.4 Å². The summed E-state index contributed by atoms with van der Waals surface area (Å²) in [6.07, 6.45) is 0. The Kier molecular flexibility index (Phi) is 2.96. The molecule has 0 bridgehead atoms. The largest absolute Gasteiger partial charge is 0.295 e. The minimum atomic E-state index is 0.0887. The standard InChI is InChI=1S/C11H13NO/c1-8(12-3)10-5-4-6-11(7-10)9(2)13/h4-7H,1-3H3. The van der Waals surface area contributed by atoms with E-state index in [1.165, 1.54) is 0 Å². The Morgan fingerprint density at radius 3 is 2.38 bits per heavy atom. The molecule has 1 aromatic rings. The summed E-state index contributed by atoms with van der Waals surface area (Å²) < 4.78 is 0. The van der Waals surface area contributed by atoms with Crippen LogP contribution in [0.2, 0.25) is 0 Å². The summed E-state index contributed by atoms with van der Waals surface area (Å²) >= 11 is 0. The first kappa shape index (κ1) is 9.65. The highest BCUT2D eigenvalue weighted by Gasteiger charge is 2.01. The number of carbonyl (C=O) groups is 1. The van der Waals surface area contributed by atoms with E-state index in [4.69, 9.17) is 0 Å². The molecule has 0 amide bonds. The van der Waals surface area contributed by atoms with E-state index in [0.29, 0.717) is 0 Å².